The fourth-order valence-corrected chi connectivity index (χ4v) is 6.34. The number of amides is 1. The fourth-order valence-electron chi connectivity index (χ4n) is 6.34. The predicted octanol–water partition coefficient (Wildman–Crippen LogP) is 3.57. The Kier molecular flexibility index (Phi) is 7.16. The van der Waals surface area contributed by atoms with E-state index in [1.54, 1.807) is 12.1 Å². The SMILES string of the molecule is CC(=O)N[C@@H](CCN1C2CCC1CC(n1c(C)nc3c1CCNC3)C2)c1cccc(F)c1.N. The van der Waals surface area contributed by atoms with E-state index in [1.807, 2.05) is 6.07 Å². The summed E-state index contributed by atoms with van der Waals surface area (Å²) >= 11 is 0. The molecule has 2 aromatic rings. The second kappa shape index (κ2) is 9.91. The molecule has 0 radical (unpaired) electrons. The highest BCUT2D eigenvalue weighted by molar-refractivity contribution is 5.73. The zero-order valence-electron chi connectivity index (χ0n) is 19.8. The Labute approximate surface area is 195 Å². The molecule has 0 spiro atoms. The van der Waals surface area contributed by atoms with Crippen LogP contribution < -0.4 is 16.8 Å². The zero-order chi connectivity index (χ0) is 22.2. The average Bonchev–Trinajstić information content (AvgIpc) is 3.22. The predicted molar refractivity (Wildman–Crippen MR) is 127 cm³/mol. The van der Waals surface area contributed by atoms with Gasteiger partial charge in [-0.3, -0.25) is 9.69 Å². The molecule has 3 atom stereocenters. The number of piperidine rings is 1. The number of nitrogens with one attached hydrogen (secondary N) is 2. The van der Waals surface area contributed by atoms with Crippen LogP contribution >= 0.6 is 0 Å². The number of nitrogens with zero attached hydrogens (tertiary/aromatic N) is 3. The molecule has 8 heteroatoms. The van der Waals surface area contributed by atoms with E-state index in [4.69, 9.17) is 4.98 Å². The average molecular weight is 457 g/mol. The zero-order valence-corrected chi connectivity index (χ0v) is 19.8. The lowest BCUT2D eigenvalue weighted by Crippen LogP contribution is -2.45. The summed E-state index contributed by atoms with van der Waals surface area (Å²) in [5, 5.41) is 6.48. The highest BCUT2D eigenvalue weighted by Crippen LogP contribution is 2.42. The van der Waals surface area contributed by atoms with Crippen molar-refractivity contribution in [2.24, 2.45) is 0 Å². The summed E-state index contributed by atoms with van der Waals surface area (Å²) in [4.78, 5) is 19.3. The minimum absolute atomic E-state index is 0. The van der Waals surface area contributed by atoms with Gasteiger partial charge in [0.25, 0.3) is 0 Å². The Morgan fingerprint density at radius 3 is 2.73 bits per heavy atom. The molecule has 2 bridgehead atoms. The third-order valence-corrected chi connectivity index (χ3v) is 7.63. The fraction of sp³-hybridized carbons (Fsp3) is 0.600. The van der Waals surface area contributed by atoms with Crippen LogP contribution in [0.3, 0.4) is 0 Å². The molecule has 5 N–H and O–H groups in total. The van der Waals surface area contributed by atoms with Gasteiger partial charge < -0.3 is 21.4 Å². The van der Waals surface area contributed by atoms with Gasteiger partial charge in [0.15, 0.2) is 0 Å². The summed E-state index contributed by atoms with van der Waals surface area (Å²) in [6.45, 7) is 6.54. The van der Waals surface area contributed by atoms with E-state index in [0.717, 1.165) is 43.9 Å². The third-order valence-electron chi connectivity index (χ3n) is 7.63. The lowest BCUT2D eigenvalue weighted by atomic mass is 9.95. The molecule has 1 amide bonds. The molecule has 3 aliphatic rings. The van der Waals surface area contributed by atoms with Crippen LogP contribution in [0.4, 0.5) is 4.39 Å². The molecule has 5 rings (SSSR count). The molecule has 33 heavy (non-hydrogen) atoms. The molecular weight excluding hydrogens is 419 g/mol. The van der Waals surface area contributed by atoms with Crippen molar-refractivity contribution in [2.45, 2.75) is 83.1 Å². The molecule has 7 nitrogen and oxygen atoms in total. The molecule has 2 unspecified atom stereocenters. The third kappa shape index (κ3) is 4.83. The van der Waals surface area contributed by atoms with Crippen molar-refractivity contribution in [3.8, 4) is 0 Å². The van der Waals surface area contributed by atoms with Crippen LogP contribution in [-0.2, 0) is 17.8 Å². The molecule has 4 heterocycles. The molecular formula is C25H37FN6O. The van der Waals surface area contributed by atoms with Crippen molar-refractivity contribution >= 4 is 5.91 Å². The normalized spacial score (nSPS) is 25.2. The minimum Gasteiger partial charge on any atom is -0.349 e. The summed E-state index contributed by atoms with van der Waals surface area (Å²) in [5.41, 5.74) is 3.52. The maximum absolute atomic E-state index is 13.8. The summed E-state index contributed by atoms with van der Waals surface area (Å²) in [7, 11) is 0. The quantitative estimate of drug-likeness (QED) is 0.617. The number of fused-ring (bicyclic) bond motifs is 3. The Balaban J connectivity index is 0.00000259. The minimum atomic E-state index is -0.257. The van der Waals surface area contributed by atoms with Gasteiger partial charge in [0, 0.05) is 56.8 Å². The van der Waals surface area contributed by atoms with E-state index < -0.39 is 0 Å². The molecule has 180 valence electrons. The molecule has 0 saturated carbocycles. The van der Waals surface area contributed by atoms with E-state index in [0.29, 0.717) is 18.1 Å². The summed E-state index contributed by atoms with van der Waals surface area (Å²) in [6, 6.07) is 8.14. The lowest BCUT2D eigenvalue weighted by molar-refractivity contribution is -0.119. The number of carbonyl (C=O) groups is 1. The van der Waals surface area contributed by atoms with Crippen molar-refractivity contribution in [2.75, 3.05) is 13.1 Å². The first-order valence-electron chi connectivity index (χ1n) is 12.0. The number of benzene rings is 1. The van der Waals surface area contributed by atoms with Gasteiger partial charge in [0.05, 0.1) is 11.7 Å². The number of hydrogen-bond acceptors (Lipinski definition) is 5. The van der Waals surface area contributed by atoms with Gasteiger partial charge >= 0.3 is 0 Å². The van der Waals surface area contributed by atoms with Crippen molar-refractivity contribution in [3.05, 3.63) is 52.9 Å². The summed E-state index contributed by atoms with van der Waals surface area (Å²) in [6.07, 6.45) is 6.67. The monoisotopic (exact) mass is 456 g/mol. The van der Waals surface area contributed by atoms with Gasteiger partial charge in [0.2, 0.25) is 5.91 Å². The van der Waals surface area contributed by atoms with Crippen LogP contribution in [-0.4, -0.2) is 45.5 Å². The smallest absolute Gasteiger partial charge is 0.217 e. The Morgan fingerprint density at radius 2 is 2.03 bits per heavy atom. The summed E-state index contributed by atoms with van der Waals surface area (Å²) < 4.78 is 16.3. The van der Waals surface area contributed by atoms with Crippen molar-refractivity contribution in [3.63, 3.8) is 0 Å². The molecule has 1 aromatic heterocycles. The van der Waals surface area contributed by atoms with Crippen LogP contribution in [0.2, 0.25) is 0 Å². The van der Waals surface area contributed by atoms with Crippen molar-refractivity contribution < 1.29 is 9.18 Å². The van der Waals surface area contributed by atoms with Gasteiger partial charge in [0.1, 0.15) is 11.6 Å². The molecule has 2 saturated heterocycles. The number of imidazole rings is 1. The Morgan fingerprint density at radius 1 is 1.27 bits per heavy atom. The van der Waals surface area contributed by atoms with E-state index in [1.165, 1.54) is 50.1 Å². The van der Waals surface area contributed by atoms with E-state index in [-0.39, 0.29) is 23.9 Å². The number of rotatable bonds is 6. The largest absolute Gasteiger partial charge is 0.349 e. The number of aryl methyl sites for hydroxylation is 1. The van der Waals surface area contributed by atoms with Gasteiger partial charge in [-0.2, -0.15) is 0 Å². The first-order chi connectivity index (χ1) is 15.5. The lowest BCUT2D eigenvalue weighted by Gasteiger charge is -2.41. The van der Waals surface area contributed by atoms with E-state index in [2.05, 4.69) is 27.0 Å². The van der Waals surface area contributed by atoms with Crippen molar-refractivity contribution in [1.29, 1.82) is 0 Å². The number of carbonyl (C=O) groups excluding carboxylic acids is 1. The van der Waals surface area contributed by atoms with Crippen LogP contribution in [0, 0.1) is 12.7 Å². The van der Waals surface area contributed by atoms with Gasteiger partial charge in [-0.1, -0.05) is 12.1 Å². The number of hydrogen-bond donors (Lipinski definition) is 3. The first-order valence-corrected chi connectivity index (χ1v) is 12.0. The van der Waals surface area contributed by atoms with E-state index >= 15 is 0 Å². The van der Waals surface area contributed by atoms with Crippen LogP contribution in [0.5, 0.6) is 0 Å². The maximum Gasteiger partial charge on any atom is 0.217 e. The molecule has 3 aliphatic heterocycles. The molecule has 0 aliphatic carbocycles. The first kappa shape index (κ1) is 23.9. The van der Waals surface area contributed by atoms with Crippen molar-refractivity contribution in [1.82, 2.24) is 31.2 Å². The van der Waals surface area contributed by atoms with Gasteiger partial charge in [-0.15, -0.1) is 0 Å². The highest BCUT2D eigenvalue weighted by Gasteiger charge is 2.42. The van der Waals surface area contributed by atoms with E-state index in [9.17, 15) is 9.18 Å². The summed E-state index contributed by atoms with van der Waals surface area (Å²) in [5.74, 6) is 0.831. The topological polar surface area (TPSA) is 97.2 Å². The Hall–Kier alpha value is -2.29. The second-order valence-electron chi connectivity index (χ2n) is 9.69. The number of halogens is 1. The van der Waals surface area contributed by atoms with Gasteiger partial charge in [-0.05, 0) is 56.7 Å². The Bertz CT molecular complexity index is 977. The van der Waals surface area contributed by atoms with Crippen LogP contribution in [0.1, 0.15) is 73.9 Å². The molecule has 1 aromatic carbocycles. The highest BCUT2D eigenvalue weighted by atomic mass is 19.1. The maximum atomic E-state index is 13.8. The number of aromatic nitrogens is 2. The standard InChI is InChI=1S/C25H34FN5O.H3N/c1-16-28-24-15-27-10-8-25(24)31(16)22-13-20-6-7-21(14-22)30(20)11-9-23(29-17(2)32)18-4-3-5-19(26)12-18;/h3-5,12,20-23,27H,6-11,13-15H2,1-2H3,(H,29,32);1H3/t20?,21?,22?,23-;/m0./s1. The molecule has 2 fully saturated rings. The van der Waals surface area contributed by atoms with Gasteiger partial charge in [-0.25, -0.2) is 9.37 Å². The second-order valence-corrected chi connectivity index (χ2v) is 9.69. The van der Waals surface area contributed by atoms with Crippen LogP contribution in [0.15, 0.2) is 24.3 Å². The van der Waals surface area contributed by atoms with Crippen LogP contribution in [0.25, 0.3) is 0 Å².